The monoisotopic (exact) mass is 572 g/mol. The van der Waals surface area contributed by atoms with Crippen molar-refractivity contribution in [2.75, 3.05) is 43.9 Å². The summed E-state index contributed by atoms with van der Waals surface area (Å²) >= 11 is 0. The Labute approximate surface area is 233 Å². The second kappa shape index (κ2) is 13.2. The summed E-state index contributed by atoms with van der Waals surface area (Å²) in [5.74, 6) is -2.52. The number of rotatable bonds is 4. The second-order valence-corrected chi connectivity index (χ2v) is 9.51. The third kappa shape index (κ3) is 7.57. The molecule has 2 aromatic heterocycles. The molecular formula is C27H33FN6O7. The number of hydrogen-bond donors (Lipinski definition) is 7. The molecule has 220 valence electrons. The molecule has 2 atom stereocenters. The number of hydrogen-bond acceptors (Lipinski definition) is 9. The zero-order chi connectivity index (χ0) is 30.4. The van der Waals surface area contributed by atoms with Gasteiger partial charge in [0.2, 0.25) is 0 Å². The number of benzene rings is 2. The Kier molecular flexibility index (Phi) is 9.99. The number of fused-ring (bicyclic) bond motifs is 2. The highest BCUT2D eigenvalue weighted by Crippen LogP contribution is 2.30. The lowest BCUT2D eigenvalue weighted by molar-refractivity contribution is -0.146. The van der Waals surface area contributed by atoms with Crippen LogP contribution in [0, 0.1) is 5.82 Å². The van der Waals surface area contributed by atoms with Crippen LogP contribution < -0.4 is 16.2 Å². The van der Waals surface area contributed by atoms with E-state index in [0.29, 0.717) is 11.3 Å². The van der Waals surface area contributed by atoms with E-state index < -0.39 is 35.5 Å². The quantitative estimate of drug-likeness (QED) is 0.186. The Morgan fingerprint density at radius 2 is 1.56 bits per heavy atom. The standard InChI is InChI=1S/C21H21FN6O.2C3H6O3/c1-27-7-9-28(10-8-27)12-5-6-14-16(11-12)25-20(24-14)18-19(23)17-13(22)3-2-4-15(17)26-21(18)29;2*1-2(4)3(5)6/h2-6,11H,7-10H2,1H3,(H,24,25)(H3,23,26,29);2*2,4H,1H3,(H,5,6)/t;2*2-/m.00/s1. The molecule has 4 aromatic rings. The predicted octanol–water partition coefficient (Wildman–Crippen LogP) is 1.45. The van der Waals surface area contributed by atoms with Gasteiger partial charge in [-0.15, -0.1) is 0 Å². The lowest BCUT2D eigenvalue weighted by Crippen LogP contribution is -2.44. The van der Waals surface area contributed by atoms with Crippen LogP contribution in [0.4, 0.5) is 15.8 Å². The first-order chi connectivity index (χ1) is 19.3. The Hall–Kier alpha value is -4.53. The molecule has 14 heteroatoms. The summed E-state index contributed by atoms with van der Waals surface area (Å²) in [5.41, 5.74) is 9.04. The fourth-order valence-electron chi connectivity index (χ4n) is 3.95. The van der Waals surface area contributed by atoms with Gasteiger partial charge in [-0.2, -0.15) is 0 Å². The number of piperazine rings is 1. The Balaban J connectivity index is 0.000000326. The number of carboxylic acid groups (broad SMARTS) is 2. The zero-order valence-electron chi connectivity index (χ0n) is 22.8. The maximum atomic E-state index is 14.3. The summed E-state index contributed by atoms with van der Waals surface area (Å²) in [6, 6.07) is 10.5. The van der Waals surface area contributed by atoms with Crippen molar-refractivity contribution in [3.8, 4) is 11.4 Å². The molecule has 0 radical (unpaired) electrons. The van der Waals surface area contributed by atoms with E-state index in [0.717, 1.165) is 42.9 Å². The van der Waals surface area contributed by atoms with Crippen LogP contribution >= 0.6 is 0 Å². The average molecular weight is 573 g/mol. The number of aliphatic hydroxyl groups excluding tert-OH is 2. The molecule has 0 unspecified atom stereocenters. The number of carboxylic acids is 2. The first kappa shape index (κ1) is 31.0. The molecule has 1 fully saturated rings. The summed E-state index contributed by atoms with van der Waals surface area (Å²) in [6.45, 7) is 6.34. The highest BCUT2D eigenvalue weighted by atomic mass is 19.1. The molecule has 1 saturated heterocycles. The Morgan fingerprint density at radius 3 is 2.12 bits per heavy atom. The van der Waals surface area contributed by atoms with E-state index in [9.17, 15) is 18.8 Å². The lowest BCUT2D eigenvalue weighted by atomic mass is 10.1. The van der Waals surface area contributed by atoms with Gasteiger partial charge in [-0.3, -0.25) is 4.79 Å². The first-order valence-electron chi connectivity index (χ1n) is 12.7. The van der Waals surface area contributed by atoms with Gasteiger partial charge in [0, 0.05) is 31.9 Å². The van der Waals surface area contributed by atoms with Gasteiger partial charge in [0.25, 0.3) is 5.56 Å². The largest absolute Gasteiger partial charge is 0.479 e. The first-order valence-corrected chi connectivity index (χ1v) is 12.7. The van der Waals surface area contributed by atoms with Crippen molar-refractivity contribution in [2.45, 2.75) is 26.1 Å². The summed E-state index contributed by atoms with van der Waals surface area (Å²) in [4.78, 5) is 46.6. The number of nitrogen functional groups attached to an aromatic ring is 1. The minimum Gasteiger partial charge on any atom is -0.479 e. The lowest BCUT2D eigenvalue weighted by Gasteiger charge is -2.34. The summed E-state index contributed by atoms with van der Waals surface area (Å²) in [5, 5.41) is 31.7. The SMILES string of the molecule is CN1CCN(c2ccc3nc(-c4c(N)c5c(F)cccc5[nH]c4=O)[nH]c3c2)CC1.C[C@H](O)C(=O)O.C[C@H](O)C(=O)O. The van der Waals surface area contributed by atoms with Gasteiger partial charge >= 0.3 is 11.9 Å². The third-order valence-electron chi connectivity index (χ3n) is 6.31. The number of aromatic amines is 2. The molecule has 0 spiro atoms. The van der Waals surface area contributed by atoms with E-state index in [1.807, 2.05) is 18.2 Å². The summed E-state index contributed by atoms with van der Waals surface area (Å²) < 4.78 is 14.3. The topological polar surface area (TPSA) is 209 Å². The van der Waals surface area contributed by atoms with Crippen LogP contribution in [-0.4, -0.2) is 97.7 Å². The van der Waals surface area contributed by atoms with Crippen LogP contribution in [0.3, 0.4) is 0 Å². The summed E-state index contributed by atoms with van der Waals surface area (Å²) in [6.07, 6.45) is -2.46. The Bertz CT molecular complexity index is 1570. The molecule has 8 N–H and O–H groups in total. The number of aromatic nitrogens is 3. The average Bonchev–Trinajstić information content (AvgIpc) is 3.32. The van der Waals surface area contributed by atoms with Crippen molar-refractivity contribution < 1.29 is 34.4 Å². The minimum atomic E-state index is -1.23. The number of likely N-dealkylation sites (N-methyl/N-ethyl adjacent to an activating group) is 1. The number of aliphatic carboxylic acids is 2. The number of H-pyrrole nitrogens is 2. The van der Waals surface area contributed by atoms with Crippen molar-refractivity contribution >= 4 is 45.2 Å². The number of carbonyl (C=O) groups is 2. The van der Waals surface area contributed by atoms with E-state index in [1.165, 1.54) is 26.0 Å². The third-order valence-corrected chi connectivity index (χ3v) is 6.31. The number of imidazole rings is 1. The number of nitrogens with one attached hydrogen (secondary N) is 2. The molecule has 0 bridgehead atoms. The van der Waals surface area contributed by atoms with Crippen molar-refractivity contribution in [2.24, 2.45) is 0 Å². The molecular weight excluding hydrogens is 539 g/mol. The van der Waals surface area contributed by atoms with Crippen LogP contribution in [0.25, 0.3) is 33.3 Å². The molecule has 0 aliphatic carbocycles. The van der Waals surface area contributed by atoms with Gasteiger partial charge in [0.15, 0.2) is 0 Å². The maximum absolute atomic E-state index is 14.3. The molecule has 1 aliphatic rings. The van der Waals surface area contributed by atoms with Crippen LogP contribution in [-0.2, 0) is 9.59 Å². The van der Waals surface area contributed by atoms with Crippen molar-refractivity contribution in [1.29, 1.82) is 0 Å². The van der Waals surface area contributed by atoms with Crippen LogP contribution in [0.5, 0.6) is 0 Å². The number of pyridine rings is 1. The molecule has 0 saturated carbocycles. The van der Waals surface area contributed by atoms with E-state index in [1.54, 1.807) is 6.07 Å². The Morgan fingerprint density at radius 1 is 0.976 bits per heavy atom. The zero-order valence-corrected chi connectivity index (χ0v) is 22.8. The van der Waals surface area contributed by atoms with Gasteiger partial charge in [-0.1, -0.05) is 6.07 Å². The van der Waals surface area contributed by atoms with Gasteiger partial charge < -0.3 is 45.9 Å². The van der Waals surface area contributed by atoms with E-state index in [4.69, 9.17) is 26.2 Å². The van der Waals surface area contributed by atoms with E-state index in [-0.39, 0.29) is 16.6 Å². The maximum Gasteiger partial charge on any atom is 0.332 e. The smallest absolute Gasteiger partial charge is 0.332 e. The second-order valence-electron chi connectivity index (χ2n) is 9.51. The predicted molar refractivity (Wildman–Crippen MR) is 152 cm³/mol. The summed E-state index contributed by atoms with van der Waals surface area (Å²) in [7, 11) is 2.12. The fraction of sp³-hybridized carbons (Fsp3) is 0.333. The van der Waals surface area contributed by atoms with E-state index in [2.05, 4.69) is 31.8 Å². The molecule has 0 amide bonds. The number of nitrogens with two attached hydrogens (primary N) is 1. The number of nitrogens with zero attached hydrogens (tertiary/aromatic N) is 3. The molecule has 5 rings (SSSR count). The van der Waals surface area contributed by atoms with Crippen molar-refractivity contribution in [1.82, 2.24) is 19.9 Å². The fourth-order valence-corrected chi connectivity index (χ4v) is 3.95. The number of halogens is 1. The molecule has 1 aliphatic heterocycles. The van der Waals surface area contributed by atoms with E-state index >= 15 is 0 Å². The van der Waals surface area contributed by atoms with Crippen molar-refractivity contribution in [3.63, 3.8) is 0 Å². The highest BCUT2D eigenvalue weighted by Gasteiger charge is 2.19. The molecule has 3 heterocycles. The van der Waals surface area contributed by atoms with Crippen LogP contribution in [0.2, 0.25) is 0 Å². The van der Waals surface area contributed by atoms with Gasteiger partial charge in [-0.25, -0.2) is 19.0 Å². The molecule has 41 heavy (non-hydrogen) atoms. The van der Waals surface area contributed by atoms with Gasteiger partial charge in [-0.05, 0) is 51.2 Å². The van der Waals surface area contributed by atoms with Gasteiger partial charge in [0.1, 0.15) is 29.4 Å². The molecule has 13 nitrogen and oxygen atoms in total. The number of anilines is 2. The van der Waals surface area contributed by atoms with Crippen LogP contribution in [0.1, 0.15) is 13.8 Å². The van der Waals surface area contributed by atoms with Crippen molar-refractivity contribution in [3.05, 3.63) is 52.6 Å². The highest BCUT2D eigenvalue weighted by molar-refractivity contribution is 5.98. The normalized spacial score (nSPS) is 14.9. The van der Waals surface area contributed by atoms with Crippen LogP contribution in [0.15, 0.2) is 41.2 Å². The van der Waals surface area contributed by atoms with Gasteiger partial charge in [0.05, 0.1) is 27.6 Å². The number of aliphatic hydroxyl groups is 2. The minimum absolute atomic E-state index is 0.0835. The molecule has 2 aromatic carbocycles.